The molecule has 2 heterocycles. The Morgan fingerprint density at radius 1 is 1.19 bits per heavy atom. The van der Waals surface area contributed by atoms with E-state index in [0.29, 0.717) is 39.1 Å². The zero-order valence-corrected chi connectivity index (χ0v) is 19.7. The van der Waals surface area contributed by atoms with Crippen LogP contribution >= 0.6 is 0 Å². The van der Waals surface area contributed by atoms with Crippen LogP contribution in [-0.4, -0.2) is 101 Å². The molecule has 3 unspecified atom stereocenters. The van der Waals surface area contributed by atoms with E-state index in [1.54, 1.807) is 27.7 Å². The van der Waals surface area contributed by atoms with Crippen molar-refractivity contribution in [3.8, 4) is 0 Å². The van der Waals surface area contributed by atoms with E-state index in [4.69, 9.17) is 14.2 Å². The summed E-state index contributed by atoms with van der Waals surface area (Å²) in [6.07, 6.45) is -0.964. The average Bonchev–Trinajstić information content (AvgIpc) is 3.11. The molecule has 2 amide bonds. The van der Waals surface area contributed by atoms with E-state index in [1.807, 2.05) is 0 Å². The zero-order chi connectivity index (χ0) is 23.9. The van der Waals surface area contributed by atoms with E-state index in [9.17, 15) is 24.6 Å². The average molecular weight is 459 g/mol. The number of esters is 1. The molecule has 2 saturated heterocycles. The molecule has 2 aliphatic heterocycles. The van der Waals surface area contributed by atoms with Gasteiger partial charge in [-0.3, -0.25) is 14.4 Å². The van der Waals surface area contributed by atoms with Gasteiger partial charge in [0.1, 0.15) is 6.42 Å². The Morgan fingerprint density at radius 3 is 2.34 bits per heavy atom. The van der Waals surface area contributed by atoms with Gasteiger partial charge in [0.15, 0.2) is 11.4 Å². The molecule has 0 aromatic rings. The van der Waals surface area contributed by atoms with E-state index in [-0.39, 0.29) is 26.0 Å². The molecular formula is C22H38N2O8. The van der Waals surface area contributed by atoms with E-state index >= 15 is 0 Å². The summed E-state index contributed by atoms with van der Waals surface area (Å²) in [5.74, 6) is -2.80. The third-order valence-electron chi connectivity index (χ3n) is 6.45. The molecule has 2 rings (SSSR count). The maximum Gasteiger partial charge on any atom is 0.315 e. The third-order valence-corrected chi connectivity index (χ3v) is 6.45. The lowest BCUT2D eigenvalue weighted by atomic mass is 9.85. The quantitative estimate of drug-likeness (QED) is 0.357. The van der Waals surface area contributed by atoms with Crippen LogP contribution in [0.4, 0.5) is 0 Å². The summed E-state index contributed by atoms with van der Waals surface area (Å²) in [7, 11) is 0. The largest absolute Gasteiger partial charge is 0.466 e. The van der Waals surface area contributed by atoms with Crippen LogP contribution in [0.25, 0.3) is 0 Å². The molecule has 0 aromatic carbocycles. The van der Waals surface area contributed by atoms with Gasteiger partial charge in [-0.25, -0.2) is 0 Å². The van der Waals surface area contributed by atoms with Crippen molar-refractivity contribution in [2.45, 2.75) is 83.3 Å². The van der Waals surface area contributed by atoms with Gasteiger partial charge in [0.25, 0.3) is 5.91 Å². The zero-order valence-electron chi connectivity index (χ0n) is 19.7. The first kappa shape index (κ1) is 26.5. The van der Waals surface area contributed by atoms with Crippen molar-refractivity contribution >= 4 is 17.8 Å². The van der Waals surface area contributed by atoms with Crippen LogP contribution in [0, 0.1) is 0 Å². The first-order chi connectivity index (χ1) is 15.2. The van der Waals surface area contributed by atoms with Gasteiger partial charge in [-0.2, -0.15) is 0 Å². The number of rotatable bonds is 10. The molecule has 2 fully saturated rings. The van der Waals surface area contributed by atoms with Crippen LogP contribution in [-0.2, 0) is 28.6 Å². The number of hydrogen-bond acceptors (Lipinski definition) is 8. The lowest BCUT2D eigenvalue weighted by Crippen LogP contribution is -2.60. The molecule has 0 aliphatic carbocycles. The predicted octanol–water partition coefficient (Wildman–Crippen LogP) is 0.434. The fourth-order valence-electron chi connectivity index (χ4n) is 4.53. The second kappa shape index (κ2) is 11.4. The van der Waals surface area contributed by atoms with Crippen LogP contribution < -0.4 is 0 Å². The predicted molar refractivity (Wildman–Crippen MR) is 114 cm³/mol. The first-order valence-corrected chi connectivity index (χ1v) is 11.6. The van der Waals surface area contributed by atoms with Crippen LogP contribution in [0.2, 0.25) is 0 Å². The number of hydrogen-bond donors (Lipinski definition) is 2. The van der Waals surface area contributed by atoms with Gasteiger partial charge in [0.2, 0.25) is 5.91 Å². The molecule has 32 heavy (non-hydrogen) atoms. The molecule has 2 N–H and O–H groups in total. The topological polar surface area (TPSA) is 126 Å². The van der Waals surface area contributed by atoms with Gasteiger partial charge < -0.3 is 34.2 Å². The van der Waals surface area contributed by atoms with Gasteiger partial charge in [-0.1, -0.05) is 6.92 Å². The standard InChI is InChI=1S/C22H38N2O8/c1-5-21(29,20(28)23(6-2)7-3)17(25)14-16-22(31-12-9-13-32-22)10-11-24(16)18(26)15-19(27)30-8-4/h16-17,25,29H,5-15H2,1-4H3. The van der Waals surface area contributed by atoms with E-state index in [1.165, 1.54) is 9.80 Å². The lowest BCUT2D eigenvalue weighted by Gasteiger charge is -2.43. The lowest BCUT2D eigenvalue weighted by molar-refractivity contribution is -0.280. The summed E-state index contributed by atoms with van der Waals surface area (Å²) >= 11 is 0. The Morgan fingerprint density at radius 2 is 1.81 bits per heavy atom. The molecule has 0 saturated carbocycles. The van der Waals surface area contributed by atoms with Crippen LogP contribution in [0.15, 0.2) is 0 Å². The maximum atomic E-state index is 13.0. The van der Waals surface area contributed by atoms with E-state index < -0.39 is 47.7 Å². The van der Waals surface area contributed by atoms with Crippen molar-refractivity contribution in [1.29, 1.82) is 0 Å². The number of carbonyl (C=O) groups excluding carboxylic acids is 3. The van der Waals surface area contributed by atoms with Crippen molar-refractivity contribution in [2.75, 3.05) is 39.5 Å². The molecule has 10 nitrogen and oxygen atoms in total. The number of nitrogens with zero attached hydrogens (tertiary/aromatic N) is 2. The van der Waals surface area contributed by atoms with Gasteiger partial charge in [-0.05, 0) is 33.6 Å². The highest BCUT2D eigenvalue weighted by molar-refractivity contribution is 5.94. The summed E-state index contributed by atoms with van der Waals surface area (Å²) in [5, 5.41) is 22.3. The normalized spacial score (nSPS) is 22.9. The number of amides is 2. The van der Waals surface area contributed by atoms with Gasteiger partial charge >= 0.3 is 5.97 Å². The highest BCUT2D eigenvalue weighted by Crippen LogP contribution is 2.40. The van der Waals surface area contributed by atoms with Crippen molar-refractivity contribution in [3.05, 3.63) is 0 Å². The van der Waals surface area contributed by atoms with Crippen molar-refractivity contribution in [1.82, 2.24) is 9.80 Å². The minimum absolute atomic E-state index is 0.00169. The number of ether oxygens (including phenoxy) is 3. The Balaban J connectivity index is 2.28. The number of aliphatic hydroxyl groups is 2. The monoisotopic (exact) mass is 458 g/mol. The molecule has 0 aromatic heterocycles. The summed E-state index contributed by atoms with van der Waals surface area (Å²) < 4.78 is 16.8. The summed E-state index contributed by atoms with van der Waals surface area (Å²) in [4.78, 5) is 40.7. The van der Waals surface area contributed by atoms with Crippen molar-refractivity contribution < 1.29 is 38.8 Å². The molecule has 0 radical (unpaired) electrons. The highest BCUT2D eigenvalue weighted by atomic mass is 16.7. The third kappa shape index (κ3) is 5.41. The Labute approximate surface area is 189 Å². The smallest absolute Gasteiger partial charge is 0.315 e. The first-order valence-electron chi connectivity index (χ1n) is 11.6. The second-order valence-corrected chi connectivity index (χ2v) is 8.20. The molecule has 1 spiro atoms. The molecule has 3 atom stereocenters. The minimum atomic E-state index is -2.01. The van der Waals surface area contributed by atoms with Crippen molar-refractivity contribution in [3.63, 3.8) is 0 Å². The van der Waals surface area contributed by atoms with Crippen LogP contribution in [0.5, 0.6) is 0 Å². The fraction of sp³-hybridized carbons (Fsp3) is 0.864. The number of carbonyl (C=O) groups is 3. The minimum Gasteiger partial charge on any atom is -0.466 e. The fourth-order valence-corrected chi connectivity index (χ4v) is 4.53. The van der Waals surface area contributed by atoms with E-state index in [0.717, 1.165) is 0 Å². The van der Waals surface area contributed by atoms with Crippen LogP contribution in [0.1, 0.15) is 59.8 Å². The van der Waals surface area contributed by atoms with Crippen molar-refractivity contribution in [2.24, 2.45) is 0 Å². The van der Waals surface area contributed by atoms with Gasteiger partial charge in [-0.15, -0.1) is 0 Å². The number of likely N-dealkylation sites (N-methyl/N-ethyl adjacent to an activating group) is 1. The SMILES string of the molecule is CCOC(=O)CC(=O)N1CCC2(OCCCO2)C1CC(O)C(O)(CC)C(=O)N(CC)CC. The highest BCUT2D eigenvalue weighted by Gasteiger charge is 2.55. The second-order valence-electron chi connectivity index (χ2n) is 8.20. The summed E-state index contributed by atoms with van der Waals surface area (Å²) in [6, 6.07) is -0.762. The number of aliphatic hydroxyl groups excluding tert-OH is 1. The molecule has 10 heteroatoms. The molecule has 2 aliphatic rings. The Hall–Kier alpha value is -1.75. The Kier molecular flexibility index (Phi) is 9.44. The van der Waals surface area contributed by atoms with Gasteiger partial charge in [0.05, 0.1) is 32.0 Å². The van der Waals surface area contributed by atoms with Crippen LogP contribution in [0.3, 0.4) is 0 Å². The van der Waals surface area contributed by atoms with E-state index in [2.05, 4.69) is 0 Å². The molecule has 184 valence electrons. The van der Waals surface area contributed by atoms with Gasteiger partial charge in [0, 0.05) is 32.5 Å². The Bertz CT molecular complexity index is 662. The molecule has 0 bridgehead atoms. The maximum absolute atomic E-state index is 13.0. The number of likely N-dealkylation sites (tertiary alicyclic amines) is 1. The summed E-state index contributed by atoms with van der Waals surface area (Å²) in [5.41, 5.74) is -2.01. The molecular weight excluding hydrogens is 420 g/mol. The summed E-state index contributed by atoms with van der Waals surface area (Å²) in [6.45, 7) is 8.99.